The average molecular weight is 997 g/mol. The minimum absolute atomic E-state index is 0. The summed E-state index contributed by atoms with van der Waals surface area (Å²) in [5.41, 5.74) is 15.2. The van der Waals surface area contributed by atoms with Gasteiger partial charge in [-0.1, -0.05) is 114 Å². The summed E-state index contributed by atoms with van der Waals surface area (Å²) in [7, 11) is -1.35. The third kappa shape index (κ3) is 8.92. The first-order valence-corrected chi connectivity index (χ1v) is 24.4. The number of fused-ring (bicyclic) bond motifs is 4. The zero-order valence-electron chi connectivity index (χ0n) is 36.7. The van der Waals surface area contributed by atoms with Gasteiger partial charge in [-0.15, -0.1) is 41.5 Å². The molecular weight excluding hydrogens is 945 g/mol. The maximum Gasteiger partial charge on any atom is 0.144 e. The second kappa shape index (κ2) is 17.8. The molecule has 0 N–H and O–H groups in total. The van der Waals surface area contributed by atoms with Crippen molar-refractivity contribution in [2.75, 3.05) is 0 Å². The predicted octanol–water partition coefficient (Wildman–Crippen LogP) is 12.6. The fraction of sp³-hybridized carbons (Fsp3) is 0.250. The Morgan fingerprint density at radius 3 is 2.21 bits per heavy atom. The molecule has 9 aromatic rings. The molecule has 0 aliphatic rings. The molecule has 0 fully saturated rings. The van der Waals surface area contributed by atoms with Crippen molar-refractivity contribution in [1.29, 1.82) is 0 Å². The molecule has 0 spiro atoms. The number of rotatable bonds is 8. The van der Waals surface area contributed by atoms with Crippen LogP contribution in [0.4, 0.5) is 0 Å². The Morgan fingerprint density at radius 1 is 0.787 bits per heavy atom. The molecule has 6 heterocycles. The van der Waals surface area contributed by atoms with Crippen molar-refractivity contribution >= 4 is 46.4 Å². The number of aryl methyl sites for hydroxylation is 3. The molecule has 0 unspecified atom stereocenters. The van der Waals surface area contributed by atoms with Crippen molar-refractivity contribution in [3.63, 3.8) is 0 Å². The fourth-order valence-corrected chi connectivity index (χ4v) is 9.68. The van der Waals surface area contributed by atoms with Gasteiger partial charge < -0.3 is 19.0 Å². The first kappa shape index (κ1) is 43.5. The molecule has 0 saturated carbocycles. The Kier molecular flexibility index (Phi) is 12.7. The van der Waals surface area contributed by atoms with Gasteiger partial charge in [-0.2, -0.15) is 0 Å². The topological polar surface area (TPSA) is 82.5 Å². The van der Waals surface area contributed by atoms with Gasteiger partial charge in [-0.3, -0.25) is 15.0 Å². The minimum atomic E-state index is -1.35. The summed E-state index contributed by atoms with van der Waals surface area (Å²) in [6, 6.07) is 34.9. The van der Waals surface area contributed by atoms with Crippen LogP contribution in [0.5, 0.6) is 0 Å². The van der Waals surface area contributed by atoms with Crippen molar-refractivity contribution < 1.29 is 24.5 Å². The molecule has 1 radical (unpaired) electrons. The van der Waals surface area contributed by atoms with E-state index < -0.39 is 8.07 Å². The normalized spacial score (nSPS) is 11.7. The van der Waals surface area contributed by atoms with Crippen LogP contribution in [0.15, 0.2) is 114 Å². The van der Waals surface area contributed by atoms with Crippen molar-refractivity contribution in [2.24, 2.45) is 5.92 Å². The van der Waals surface area contributed by atoms with Gasteiger partial charge in [0.1, 0.15) is 11.3 Å². The number of imidazole rings is 1. The molecule has 7 nitrogen and oxygen atoms in total. The Labute approximate surface area is 374 Å². The van der Waals surface area contributed by atoms with E-state index in [0.29, 0.717) is 11.6 Å². The molecule has 0 bridgehead atoms. The number of pyridine rings is 4. The Hall–Kier alpha value is -5.60. The number of furan rings is 1. The van der Waals surface area contributed by atoms with E-state index in [0.717, 1.165) is 84.7 Å². The van der Waals surface area contributed by atoms with Gasteiger partial charge in [-0.25, -0.2) is 0 Å². The van der Waals surface area contributed by atoms with Crippen LogP contribution in [-0.2, 0) is 26.5 Å². The molecule has 0 amide bonds. The molecule has 311 valence electrons. The molecule has 6 aromatic heterocycles. The quantitative estimate of drug-likeness (QED) is 0.111. The average Bonchev–Trinajstić information content (AvgIpc) is 3.80. The molecule has 0 aliphatic heterocycles. The first-order chi connectivity index (χ1) is 28.8. The first-order valence-electron chi connectivity index (χ1n) is 20.9. The van der Waals surface area contributed by atoms with Gasteiger partial charge in [0.15, 0.2) is 0 Å². The zero-order chi connectivity index (χ0) is 42.3. The van der Waals surface area contributed by atoms with E-state index in [4.69, 9.17) is 14.4 Å². The molecule has 9 heteroatoms. The third-order valence-electron chi connectivity index (χ3n) is 11.0. The van der Waals surface area contributed by atoms with Crippen molar-refractivity contribution in [1.82, 2.24) is 29.5 Å². The van der Waals surface area contributed by atoms with Gasteiger partial charge in [0, 0.05) is 49.3 Å². The minimum Gasteiger partial charge on any atom is -0.481 e. The van der Waals surface area contributed by atoms with Gasteiger partial charge in [-0.05, 0) is 89.5 Å². The molecule has 3 aromatic carbocycles. The van der Waals surface area contributed by atoms with Crippen LogP contribution >= 0.6 is 0 Å². The number of hydrogen-bond acceptors (Lipinski definition) is 6. The SMILES string of the molecule is Cc1cc2c(oc3n[c-]c(-c4nc5cncc(C(C)C)c5n4-c4ccc(-c5ccccc5)cc4)cc32)c(C)n1.Cc1ccc[c-]c1-c1cc(CC(C)C)c([Si](C)(C)C)cn1.[Ir]. The van der Waals surface area contributed by atoms with Crippen LogP contribution in [0.1, 0.15) is 61.7 Å². The smallest absolute Gasteiger partial charge is 0.144 e. The van der Waals surface area contributed by atoms with Crippen LogP contribution < -0.4 is 5.19 Å². The fourth-order valence-electron chi connectivity index (χ4n) is 8.09. The summed E-state index contributed by atoms with van der Waals surface area (Å²) < 4.78 is 8.28. The van der Waals surface area contributed by atoms with Gasteiger partial charge in [0.25, 0.3) is 0 Å². The summed E-state index contributed by atoms with van der Waals surface area (Å²) in [5.74, 6) is 1.70. The van der Waals surface area contributed by atoms with Crippen LogP contribution in [0.25, 0.3) is 72.6 Å². The summed E-state index contributed by atoms with van der Waals surface area (Å²) in [6.07, 6.45) is 10.2. The maximum absolute atomic E-state index is 6.07. The monoisotopic (exact) mass is 997 g/mol. The summed E-state index contributed by atoms with van der Waals surface area (Å²) in [6.45, 7) is 22.2. The molecule has 0 aliphatic carbocycles. The molecule has 61 heavy (non-hydrogen) atoms. The second-order valence-corrected chi connectivity index (χ2v) is 22.6. The van der Waals surface area contributed by atoms with E-state index in [2.05, 4.69) is 159 Å². The molecule has 0 saturated heterocycles. The number of hydrogen-bond donors (Lipinski definition) is 0. The van der Waals surface area contributed by atoms with E-state index in [-0.39, 0.29) is 26.0 Å². The van der Waals surface area contributed by atoms with E-state index in [1.165, 1.54) is 21.9 Å². The van der Waals surface area contributed by atoms with Gasteiger partial charge in [0.05, 0.1) is 36.8 Å². The number of aromatic nitrogens is 6. The number of nitrogens with zero attached hydrogens (tertiary/aromatic N) is 6. The van der Waals surface area contributed by atoms with Crippen LogP contribution in [-0.4, -0.2) is 37.6 Å². The van der Waals surface area contributed by atoms with Crippen molar-refractivity contribution in [2.45, 2.75) is 80.4 Å². The van der Waals surface area contributed by atoms with Crippen molar-refractivity contribution in [3.05, 3.63) is 150 Å². The standard InChI is InChI=1S/C33H26N5O.C19H26NSi.Ir/c1-19(2)28-17-34-18-29-30(28)38(25-12-10-23(11-13-25)22-8-6-5-7-9-22)32(37-29)24-15-27-26-14-20(3)36-21(4)31(26)39-33(27)35-16-24;1-14(2)11-16-12-18(17-10-8-7-9-15(17)3)20-13-19(16)21(4,5)6;/h5-15,17-19H,1-4H3;7-9,12-14H,11H2,1-6H3;/q2*-1;. The van der Waals surface area contributed by atoms with Crippen LogP contribution in [0.2, 0.25) is 19.6 Å². The van der Waals surface area contributed by atoms with Crippen LogP contribution in [0.3, 0.4) is 0 Å². The molecule has 9 rings (SSSR count). The summed E-state index contributed by atoms with van der Waals surface area (Å²) in [4.78, 5) is 23.5. The third-order valence-corrected chi connectivity index (χ3v) is 13.1. The van der Waals surface area contributed by atoms with E-state index in [1.54, 1.807) is 0 Å². The molecule has 0 atom stereocenters. The van der Waals surface area contributed by atoms with Gasteiger partial charge >= 0.3 is 0 Å². The summed E-state index contributed by atoms with van der Waals surface area (Å²) >= 11 is 0. The largest absolute Gasteiger partial charge is 0.481 e. The van der Waals surface area contributed by atoms with E-state index in [9.17, 15) is 0 Å². The summed E-state index contributed by atoms with van der Waals surface area (Å²) in [5, 5.41) is 3.42. The Bertz CT molecular complexity index is 2980. The Balaban J connectivity index is 0.000000217. The van der Waals surface area contributed by atoms with E-state index >= 15 is 0 Å². The zero-order valence-corrected chi connectivity index (χ0v) is 40.1. The Morgan fingerprint density at radius 2 is 1.52 bits per heavy atom. The second-order valence-electron chi connectivity index (χ2n) is 17.6. The van der Waals surface area contributed by atoms with E-state index in [1.807, 2.05) is 50.5 Å². The van der Waals surface area contributed by atoms with Crippen LogP contribution in [0, 0.1) is 39.0 Å². The maximum atomic E-state index is 6.07. The molecular formula is C52H52IrN6OSi-2. The van der Waals surface area contributed by atoms with Gasteiger partial charge in [0.2, 0.25) is 0 Å². The number of benzene rings is 3. The van der Waals surface area contributed by atoms with Crippen molar-refractivity contribution in [3.8, 4) is 39.5 Å². The predicted molar refractivity (Wildman–Crippen MR) is 250 cm³/mol.